The zero-order valence-electron chi connectivity index (χ0n) is 13.7. The Hall–Kier alpha value is -2.76. The first-order valence-electron chi connectivity index (χ1n) is 8.67. The molecule has 2 atom stereocenters. The Morgan fingerprint density at radius 3 is 1.64 bits per heavy atom. The number of allylic oxidation sites excluding steroid dienone is 4. The molecule has 130 valence electrons. The first-order valence-corrected chi connectivity index (χ1v) is 8.67. The molecule has 0 aliphatic heterocycles. The summed E-state index contributed by atoms with van der Waals surface area (Å²) in [5, 5.41) is 41.9. The standard InChI is InChI=1S/C19H20N2O4/c22-16-12-3-1-2-4-13(12)17(23)20(16)7-8-21-18(24)14-10-5-6-11(9-10)15(14)19(21)25/h1-2,5-6,10-11,22-25H,3-4,7-9H2. The average molecular weight is 340 g/mol. The average Bonchev–Trinajstić information content (AvgIpc) is 3.34. The molecule has 2 aromatic rings. The lowest BCUT2D eigenvalue weighted by molar-refractivity contribution is 0.327. The lowest BCUT2D eigenvalue weighted by atomic mass is 10.0. The molecule has 2 aromatic heterocycles. The summed E-state index contributed by atoms with van der Waals surface area (Å²) in [6.07, 6.45) is 10.2. The van der Waals surface area contributed by atoms with E-state index in [4.69, 9.17) is 0 Å². The molecular formula is C19H20N2O4. The minimum atomic E-state index is 0.0669. The quantitative estimate of drug-likeness (QED) is 0.647. The van der Waals surface area contributed by atoms with E-state index in [0.29, 0.717) is 12.8 Å². The van der Waals surface area contributed by atoms with Gasteiger partial charge in [-0.3, -0.25) is 9.13 Å². The van der Waals surface area contributed by atoms with Crippen molar-refractivity contribution < 1.29 is 20.4 Å². The van der Waals surface area contributed by atoms with Crippen molar-refractivity contribution in [3.63, 3.8) is 0 Å². The van der Waals surface area contributed by atoms with Gasteiger partial charge in [0.25, 0.3) is 0 Å². The molecule has 2 heterocycles. The molecule has 6 heteroatoms. The van der Waals surface area contributed by atoms with Gasteiger partial charge in [-0.15, -0.1) is 0 Å². The molecule has 0 radical (unpaired) electrons. The van der Waals surface area contributed by atoms with Crippen LogP contribution in [0, 0.1) is 0 Å². The van der Waals surface area contributed by atoms with Crippen molar-refractivity contribution in [3.05, 3.63) is 46.6 Å². The van der Waals surface area contributed by atoms with Crippen molar-refractivity contribution in [1.29, 1.82) is 0 Å². The molecule has 0 aromatic carbocycles. The van der Waals surface area contributed by atoms with E-state index in [1.807, 2.05) is 12.2 Å². The van der Waals surface area contributed by atoms with Crippen LogP contribution in [0.4, 0.5) is 0 Å². The molecule has 0 saturated carbocycles. The Balaban J connectivity index is 1.47. The number of hydrogen-bond donors (Lipinski definition) is 4. The third-order valence-corrected chi connectivity index (χ3v) is 5.88. The molecule has 0 saturated heterocycles. The second-order valence-corrected chi connectivity index (χ2v) is 7.10. The molecule has 0 spiro atoms. The van der Waals surface area contributed by atoms with E-state index in [-0.39, 0.29) is 48.4 Å². The largest absolute Gasteiger partial charge is 0.494 e. The van der Waals surface area contributed by atoms with Gasteiger partial charge in [0.1, 0.15) is 0 Å². The third-order valence-electron chi connectivity index (χ3n) is 5.88. The molecule has 0 fully saturated rings. The Morgan fingerprint density at radius 1 is 0.720 bits per heavy atom. The first-order chi connectivity index (χ1) is 12.1. The fourth-order valence-corrected chi connectivity index (χ4v) is 4.64. The number of hydrogen-bond acceptors (Lipinski definition) is 4. The number of fused-ring (bicyclic) bond motifs is 6. The highest BCUT2D eigenvalue weighted by molar-refractivity contribution is 5.58. The summed E-state index contributed by atoms with van der Waals surface area (Å²) in [7, 11) is 0. The highest BCUT2D eigenvalue weighted by atomic mass is 16.3. The van der Waals surface area contributed by atoms with Gasteiger partial charge < -0.3 is 20.4 Å². The van der Waals surface area contributed by atoms with Gasteiger partial charge >= 0.3 is 0 Å². The summed E-state index contributed by atoms with van der Waals surface area (Å²) >= 11 is 0. The van der Waals surface area contributed by atoms with E-state index < -0.39 is 0 Å². The molecule has 25 heavy (non-hydrogen) atoms. The summed E-state index contributed by atoms with van der Waals surface area (Å²) in [6, 6.07) is 0. The minimum absolute atomic E-state index is 0.0669. The third kappa shape index (κ3) is 1.79. The van der Waals surface area contributed by atoms with E-state index in [1.54, 1.807) is 0 Å². The van der Waals surface area contributed by atoms with Crippen molar-refractivity contribution in [2.45, 2.75) is 44.2 Å². The van der Waals surface area contributed by atoms with Gasteiger partial charge in [0, 0.05) is 47.2 Å². The van der Waals surface area contributed by atoms with Crippen LogP contribution in [0.3, 0.4) is 0 Å². The molecule has 3 aliphatic rings. The highest BCUT2D eigenvalue weighted by Gasteiger charge is 2.40. The van der Waals surface area contributed by atoms with Crippen molar-refractivity contribution in [2.24, 2.45) is 0 Å². The van der Waals surface area contributed by atoms with Crippen molar-refractivity contribution >= 4 is 0 Å². The minimum Gasteiger partial charge on any atom is -0.494 e. The van der Waals surface area contributed by atoms with Gasteiger partial charge in [-0.25, -0.2) is 0 Å². The van der Waals surface area contributed by atoms with Gasteiger partial charge in [0.2, 0.25) is 0 Å². The zero-order valence-corrected chi connectivity index (χ0v) is 13.7. The lowest BCUT2D eigenvalue weighted by Gasteiger charge is -2.12. The molecule has 6 nitrogen and oxygen atoms in total. The maximum Gasteiger partial charge on any atom is 0.198 e. The first kappa shape index (κ1) is 14.6. The lowest BCUT2D eigenvalue weighted by Crippen LogP contribution is -2.07. The predicted molar refractivity (Wildman–Crippen MR) is 91.3 cm³/mol. The highest BCUT2D eigenvalue weighted by Crippen LogP contribution is 2.56. The Kier molecular flexibility index (Phi) is 2.84. The van der Waals surface area contributed by atoms with Crippen LogP contribution in [0.2, 0.25) is 0 Å². The molecule has 2 bridgehead atoms. The summed E-state index contributed by atoms with van der Waals surface area (Å²) in [5.41, 5.74) is 3.17. The fraction of sp³-hybridized carbons (Fsp3) is 0.368. The summed E-state index contributed by atoms with van der Waals surface area (Å²) < 4.78 is 2.93. The smallest absolute Gasteiger partial charge is 0.198 e. The van der Waals surface area contributed by atoms with Gasteiger partial charge in [0.05, 0.1) is 0 Å². The maximum atomic E-state index is 10.6. The molecule has 2 unspecified atom stereocenters. The molecule has 4 N–H and O–H groups in total. The summed E-state index contributed by atoms with van der Waals surface area (Å²) in [5.74, 6) is 0.691. The SMILES string of the molecule is Oc1c2c(c(O)n1CCn1c(O)c3c(c1O)C1C=CC3C1)CC=CC2. The summed E-state index contributed by atoms with van der Waals surface area (Å²) in [4.78, 5) is 0. The summed E-state index contributed by atoms with van der Waals surface area (Å²) in [6.45, 7) is 0.536. The van der Waals surface area contributed by atoms with Crippen LogP contribution < -0.4 is 0 Å². The number of aromatic nitrogens is 2. The van der Waals surface area contributed by atoms with Crippen molar-refractivity contribution in [2.75, 3.05) is 0 Å². The van der Waals surface area contributed by atoms with Crippen LogP contribution in [0.15, 0.2) is 24.3 Å². The van der Waals surface area contributed by atoms with Gasteiger partial charge in [0.15, 0.2) is 23.5 Å². The second-order valence-electron chi connectivity index (χ2n) is 7.10. The van der Waals surface area contributed by atoms with E-state index >= 15 is 0 Å². The molecular weight excluding hydrogens is 320 g/mol. The fourth-order valence-electron chi connectivity index (χ4n) is 4.64. The van der Waals surface area contributed by atoms with Crippen LogP contribution in [-0.2, 0) is 25.9 Å². The molecule has 0 amide bonds. The predicted octanol–water partition coefficient (Wildman–Crippen LogP) is 2.61. The Labute approximate surface area is 144 Å². The van der Waals surface area contributed by atoms with E-state index in [1.165, 1.54) is 9.13 Å². The maximum absolute atomic E-state index is 10.6. The van der Waals surface area contributed by atoms with Gasteiger partial charge in [-0.1, -0.05) is 24.3 Å². The van der Waals surface area contributed by atoms with Crippen LogP contribution in [0.25, 0.3) is 0 Å². The monoisotopic (exact) mass is 340 g/mol. The zero-order chi connectivity index (χ0) is 17.3. The van der Waals surface area contributed by atoms with Crippen LogP contribution >= 0.6 is 0 Å². The molecule has 3 aliphatic carbocycles. The number of nitrogens with zero attached hydrogens (tertiary/aromatic N) is 2. The molecule has 5 rings (SSSR count). The normalized spacial score (nSPS) is 22.6. The van der Waals surface area contributed by atoms with Crippen molar-refractivity contribution in [3.8, 4) is 23.5 Å². The topological polar surface area (TPSA) is 90.8 Å². The van der Waals surface area contributed by atoms with Crippen LogP contribution in [0.1, 0.15) is 40.5 Å². The van der Waals surface area contributed by atoms with E-state index in [9.17, 15) is 20.4 Å². The van der Waals surface area contributed by atoms with Crippen molar-refractivity contribution in [1.82, 2.24) is 9.13 Å². The Bertz CT molecular complexity index is 881. The van der Waals surface area contributed by atoms with Crippen LogP contribution in [-0.4, -0.2) is 29.6 Å². The van der Waals surface area contributed by atoms with Gasteiger partial charge in [-0.2, -0.15) is 0 Å². The van der Waals surface area contributed by atoms with Gasteiger partial charge in [-0.05, 0) is 19.3 Å². The van der Waals surface area contributed by atoms with E-state index in [0.717, 1.165) is 28.7 Å². The van der Waals surface area contributed by atoms with E-state index in [2.05, 4.69) is 12.2 Å². The number of aromatic hydroxyl groups is 4. The Morgan fingerprint density at radius 2 is 1.16 bits per heavy atom. The van der Waals surface area contributed by atoms with Crippen LogP contribution in [0.5, 0.6) is 23.5 Å². The number of rotatable bonds is 3. The second kappa shape index (κ2) is 4.88.